The Morgan fingerprint density at radius 2 is 1.79 bits per heavy atom. The van der Waals surface area contributed by atoms with E-state index in [0.717, 1.165) is 12.1 Å². The highest BCUT2D eigenvalue weighted by Crippen LogP contribution is 2.32. The van der Waals surface area contributed by atoms with Crippen molar-refractivity contribution in [3.05, 3.63) is 40.2 Å². The van der Waals surface area contributed by atoms with E-state index in [9.17, 15) is 0 Å². The van der Waals surface area contributed by atoms with Crippen LogP contribution in [0.25, 0.3) is 11.1 Å². The summed E-state index contributed by atoms with van der Waals surface area (Å²) in [5.41, 5.74) is 14.6. The van der Waals surface area contributed by atoms with Crippen LogP contribution in [0.15, 0.2) is 12.1 Å². The lowest BCUT2D eigenvalue weighted by molar-refractivity contribution is 0.718. The Hall–Kier alpha value is -1.61. The summed E-state index contributed by atoms with van der Waals surface area (Å²) in [4.78, 5) is 0. The molecule has 0 radical (unpaired) electrons. The van der Waals surface area contributed by atoms with Crippen molar-refractivity contribution >= 4 is 0 Å². The smallest absolute Gasteiger partial charge is 0.0718 e. The van der Waals surface area contributed by atoms with Crippen LogP contribution in [0.1, 0.15) is 28.1 Å². The van der Waals surface area contributed by atoms with Gasteiger partial charge >= 0.3 is 0 Å². The first kappa shape index (κ1) is 13.8. The predicted molar refractivity (Wildman–Crippen MR) is 80.4 cm³/mol. The minimum Gasteiger partial charge on any atom is -0.330 e. The van der Waals surface area contributed by atoms with Crippen LogP contribution < -0.4 is 5.73 Å². The molecule has 0 saturated heterocycles. The molecule has 102 valence electrons. The van der Waals surface area contributed by atoms with Gasteiger partial charge in [0.15, 0.2) is 0 Å². The van der Waals surface area contributed by atoms with Crippen molar-refractivity contribution in [3.63, 3.8) is 0 Å². The topological polar surface area (TPSA) is 43.8 Å². The van der Waals surface area contributed by atoms with Gasteiger partial charge in [-0.3, -0.25) is 4.68 Å². The van der Waals surface area contributed by atoms with E-state index in [2.05, 4.69) is 44.9 Å². The number of benzene rings is 1. The van der Waals surface area contributed by atoms with Crippen LogP contribution in [0.5, 0.6) is 0 Å². The maximum atomic E-state index is 5.71. The molecule has 0 spiro atoms. The molecule has 1 heterocycles. The van der Waals surface area contributed by atoms with Crippen LogP contribution in [0.3, 0.4) is 0 Å². The highest BCUT2D eigenvalue weighted by Gasteiger charge is 2.17. The first-order valence-electron chi connectivity index (χ1n) is 6.77. The molecule has 0 unspecified atom stereocenters. The van der Waals surface area contributed by atoms with E-state index in [4.69, 9.17) is 5.73 Å². The first-order valence-corrected chi connectivity index (χ1v) is 6.77. The molecule has 1 aromatic heterocycles. The van der Waals surface area contributed by atoms with Crippen molar-refractivity contribution < 1.29 is 0 Å². The van der Waals surface area contributed by atoms with E-state index in [1.54, 1.807) is 0 Å². The number of hydrogen-bond acceptors (Lipinski definition) is 2. The van der Waals surface area contributed by atoms with Crippen LogP contribution in [0, 0.1) is 27.7 Å². The second-order valence-electron chi connectivity index (χ2n) is 5.25. The highest BCUT2D eigenvalue weighted by molar-refractivity contribution is 5.73. The zero-order valence-electron chi connectivity index (χ0n) is 12.5. The van der Waals surface area contributed by atoms with Crippen LogP contribution in [-0.2, 0) is 13.5 Å². The molecule has 19 heavy (non-hydrogen) atoms. The summed E-state index contributed by atoms with van der Waals surface area (Å²) < 4.78 is 1.95. The normalized spacial score (nSPS) is 11.1. The van der Waals surface area contributed by atoms with Crippen LogP contribution >= 0.6 is 0 Å². The largest absolute Gasteiger partial charge is 0.330 e. The standard InChI is InChI=1S/C16H23N3/c1-10-6-7-14(12(3)11(10)2)16-13(4)19(5)18-15(16)8-9-17/h6-7H,8-9,17H2,1-5H3. The molecule has 0 fully saturated rings. The minimum atomic E-state index is 0.632. The van der Waals surface area contributed by atoms with Gasteiger partial charge in [0.1, 0.15) is 0 Å². The summed E-state index contributed by atoms with van der Waals surface area (Å²) in [6.45, 7) is 9.28. The average molecular weight is 257 g/mol. The maximum absolute atomic E-state index is 5.71. The molecule has 2 aromatic rings. The van der Waals surface area contributed by atoms with Crippen LogP contribution in [0.2, 0.25) is 0 Å². The molecule has 3 nitrogen and oxygen atoms in total. The van der Waals surface area contributed by atoms with E-state index < -0.39 is 0 Å². The van der Waals surface area contributed by atoms with Crippen LogP contribution in [0.4, 0.5) is 0 Å². The van der Waals surface area contributed by atoms with Gasteiger partial charge in [0, 0.05) is 24.7 Å². The van der Waals surface area contributed by atoms with Crippen molar-refractivity contribution in [2.75, 3.05) is 6.54 Å². The lowest BCUT2D eigenvalue weighted by Crippen LogP contribution is -2.05. The van der Waals surface area contributed by atoms with Gasteiger partial charge in [0.05, 0.1) is 5.69 Å². The predicted octanol–water partition coefficient (Wildman–Crippen LogP) is 2.82. The molecule has 2 rings (SSSR count). The Labute approximate surface area is 115 Å². The first-order chi connectivity index (χ1) is 8.97. The third kappa shape index (κ3) is 2.30. The number of rotatable bonds is 3. The summed E-state index contributed by atoms with van der Waals surface area (Å²) >= 11 is 0. The summed E-state index contributed by atoms with van der Waals surface area (Å²) in [7, 11) is 2.00. The quantitative estimate of drug-likeness (QED) is 0.919. The SMILES string of the molecule is Cc1ccc(-c2c(CCN)nn(C)c2C)c(C)c1C. The fraction of sp³-hybridized carbons (Fsp3) is 0.438. The summed E-state index contributed by atoms with van der Waals surface area (Å²) in [5, 5.41) is 4.61. The molecule has 0 aliphatic heterocycles. The van der Waals surface area contributed by atoms with E-state index in [-0.39, 0.29) is 0 Å². The molecule has 2 N–H and O–H groups in total. The summed E-state index contributed by atoms with van der Waals surface area (Å²) in [5.74, 6) is 0. The van der Waals surface area contributed by atoms with Gasteiger partial charge in [-0.05, 0) is 56.5 Å². The third-order valence-electron chi connectivity index (χ3n) is 4.11. The molecule has 0 aliphatic rings. The molecule has 0 bridgehead atoms. The average Bonchev–Trinajstić information content (AvgIpc) is 2.64. The van der Waals surface area contributed by atoms with Crippen molar-refractivity contribution in [2.24, 2.45) is 12.8 Å². The van der Waals surface area contributed by atoms with Gasteiger partial charge in [0.25, 0.3) is 0 Å². The van der Waals surface area contributed by atoms with E-state index in [1.807, 2.05) is 11.7 Å². The van der Waals surface area contributed by atoms with Gasteiger partial charge in [-0.2, -0.15) is 5.10 Å². The highest BCUT2D eigenvalue weighted by atomic mass is 15.3. The van der Waals surface area contributed by atoms with Crippen molar-refractivity contribution in [3.8, 4) is 11.1 Å². The Bertz CT molecular complexity index is 609. The third-order valence-corrected chi connectivity index (χ3v) is 4.11. The number of aryl methyl sites for hydroxylation is 2. The van der Waals surface area contributed by atoms with Gasteiger partial charge in [-0.1, -0.05) is 12.1 Å². The fourth-order valence-electron chi connectivity index (χ4n) is 2.57. The zero-order valence-corrected chi connectivity index (χ0v) is 12.5. The van der Waals surface area contributed by atoms with Crippen molar-refractivity contribution in [1.29, 1.82) is 0 Å². The summed E-state index contributed by atoms with van der Waals surface area (Å²) in [6, 6.07) is 4.40. The lowest BCUT2D eigenvalue weighted by atomic mass is 9.92. The molecular weight excluding hydrogens is 234 g/mol. The molecule has 3 heteroatoms. The molecule has 0 atom stereocenters. The van der Waals surface area contributed by atoms with E-state index in [1.165, 1.54) is 33.5 Å². The van der Waals surface area contributed by atoms with Gasteiger partial charge in [-0.25, -0.2) is 0 Å². The number of hydrogen-bond donors (Lipinski definition) is 1. The zero-order chi connectivity index (χ0) is 14.2. The Morgan fingerprint density at radius 1 is 1.11 bits per heavy atom. The second-order valence-corrected chi connectivity index (χ2v) is 5.25. The minimum absolute atomic E-state index is 0.632. The van der Waals surface area contributed by atoms with Gasteiger partial charge in [-0.15, -0.1) is 0 Å². The summed E-state index contributed by atoms with van der Waals surface area (Å²) in [6.07, 6.45) is 0.823. The lowest BCUT2D eigenvalue weighted by Gasteiger charge is -2.12. The molecule has 0 amide bonds. The van der Waals surface area contributed by atoms with Crippen LogP contribution in [-0.4, -0.2) is 16.3 Å². The van der Waals surface area contributed by atoms with Gasteiger partial charge in [0.2, 0.25) is 0 Å². The van der Waals surface area contributed by atoms with Crippen molar-refractivity contribution in [1.82, 2.24) is 9.78 Å². The number of nitrogens with two attached hydrogens (primary N) is 1. The Balaban J connectivity index is 2.68. The monoisotopic (exact) mass is 257 g/mol. The molecule has 1 aromatic carbocycles. The second kappa shape index (κ2) is 5.17. The molecule has 0 aliphatic carbocycles. The Morgan fingerprint density at radius 3 is 2.42 bits per heavy atom. The van der Waals surface area contributed by atoms with Crippen molar-refractivity contribution in [2.45, 2.75) is 34.1 Å². The number of nitrogens with zero attached hydrogens (tertiary/aromatic N) is 2. The Kier molecular flexibility index (Phi) is 3.76. The van der Waals surface area contributed by atoms with E-state index in [0.29, 0.717) is 6.54 Å². The molecule has 0 saturated carbocycles. The van der Waals surface area contributed by atoms with Gasteiger partial charge < -0.3 is 5.73 Å². The maximum Gasteiger partial charge on any atom is 0.0718 e. The fourth-order valence-corrected chi connectivity index (χ4v) is 2.57. The number of aromatic nitrogens is 2. The van der Waals surface area contributed by atoms with E-state index >= 15 is 0 Å². The molecular formula is C16H23N3.